The molecular formula is C28H33FN4O. The van der Waals surface area contributed by atoms with Gasteiger partial charge in [0.1, 0.15) is 17.4 Å². The number of carbonyl (C=O) groups is 1. The van der Waals surface area contributed by atoms with Gasteiger partial charge in [0.25, 0.3) is 0 Å². The van der Waals surface area contributed by atoms with Gasteiger partial charge in [0, 0.05) is 31.1 Å². The average Bonchev–Trinajstić information content (AvgIpc) is 3.45. The van der Waals surface area contributed by atoms with Crippen molar-refractivity contribution in [2.45, 2.75) is 64.8 Å². The first-order chi connectivity index (χ1) is 16.4. The molecule has 2 aromatic heterocycles. The van der Waals surface area contributed by atoms with Crippen LogP contribution in [0.15, 0.2) is 48.8 Å². The van der Waals surface area contributed by atoms with Crippen LogP contribution < -0.4 is 4.90 Å². The smallest absolute Gasteiger partial charge is 0.160 e. The van der Waals surface area contributed by atoms with E-state index in [-0.39, 0.29) is 17.6 Å². The standard InChI is InChI=1S/C28H33FN4O/c1-18-6-7-19(2)21(13-18)14-24(34)15-22-17-30-33-12-10-27(31-28(22)33)32-11-4-5-26(32)25-16-23(29)9-8-20(25)3/h8-10,12,16-18,21,26H,2,4-7,11,13-15H2,1,3H3/t18-,21?,26+/m0/s1. The Morgan fingerprint density at radius 2 is 2.12 bits per heavy atom. The van der Waals surface area contributed by atoms with Gasteiger partial charge >= 0.3 is 0 Å². The van der Waals surface area contributed by atoms with Gasteiger partial charge in [-0.05, 0) is 80.2 Å². The summed E-state index contributed by atoms with van der Waals surface area (Å²) in [4.78, 5) is 20.2. The number of hydrogen-bond donors (Lipinski definition) is 0. The van der Waals surface area contributed by atoms with Crippen LogP contribution in [0.3, 0.4) is 0 Å². The highest BCUT2D eigenvalue weighted by atomic mass is 19.1. The fraction of sp³-hybridized carbons (Fsp3) is 0.464. The van der Waals surface area contributed by atoms with Crippen LogP contribution in [0.2, 0.25) is 0 Å². The maximum atomic E-state index is 14.0. The molecule has 6 heteroatoms. The van der Waals surface area contributed by atoms with Gasteiger partial charge in [-0.2, -0.15) is 5.10 Å². The molecule has 2 aliphatic rings. The highest BCUT2D eigenvalue weighted by Crippen LogP contribution is 2.37. The van der Waals surface area contributed by atoms with E-state index in [1.54, 1.807) is 16.8 Å². The highest BCUT2D eigenvalue weighted by molar-refractivity contribution is 5.83. The number of rotatable bonds is 6. The highest BCUT2D eigenvalue weighted by Gasteiger charge is 2.29. The van der Waals surface area contributed by atoms with Gasteiger partial charge in [-0.1, -0.05) is 25.1 Å². The number of aryl methyl sites for hydroxylation is 1. The molecule has 1 aliphatic carbocycles. The number of hydrogen-bond acceptors (Lipinski definition) is 4. The topological polar surface area (TPSA) is 50.5 Å². The van der Waals surface area contributed by atoms with Crippen LogP contribution in [-0.4, -0.2) is 26.9 Å². The molecule has 1 saturated heterocycles. The van der Waals surface area contributed by atoms with E-state index in [0.717, 1.165) is 60.4 Å². The largest absolute Gasteiger partial charge is 0.349 e. The number of ketones is 1. The number of aromatic nitrogens is 3. The number of Topliss-reactive ketones (excluding diaryl/α,β-unsaturated/α-hetero) is 1. The molecule has 34 heavy (non-hydrogen) atoms. The third-order valence-electron chi connectivity index (χ3n) is 7.66. The Morgan fingerprint density at radius 1 is 1.26 bits per heavy atom. The molecular weight excluding hydrogens is 427 g/mol. The molecule has 0 bridgehead atoms. The summed E-state index contributed by atoms with van der Waals surface area (Å²) in [7, 11) is 0. The minimum absolute atomic E-state index is 0.0953. The molecule has 3 aromatic rings. The van der Waals surface area contributed by atoms with Gasteiger partial charge < -0.3 is 4.90 Å². The summed E-state index contributed by atoms with van der Waals surface area (Å²) in [5.74, 6) is 1.81. The summed E-state index contributed by atoms with van der Waals surface area (Å²) in [6, 6.07) is 7.07. The molecule has 1 unspecified atom stereocenters. The summed E-state index contributed by atoms with van der Waals surface area (Å²) in [5, 5.41) is 4.43. The summed E-state index contributed by atoms with van der Waals surface area (Å²) < 4.78 is 15.7. The van der Waals surface area contributed by atoms with E-state index in [1.807, 2.05) is 25.3 Å². The number of fused-ring (bicyclic) bond motifs is 1. The minimum atomic E-state index is -0.206. The van der Waals surface area contributed by atoms with Gasteiger partial charge in [0.2, 0.25) is 0 Å². The molecule has 1 aromatic carbocycles. The number of halogens is 1. The molecule has 1 saturated carbocycles. The fourth-order valence-electron chi connectivity index (χ4n) is 5.72. The summed E-state index contributed by atoms with van der Waals surface area (Å²) in [5.41, 5.74) is 4.92. The Hall–Kier alpha value is -3.02. The normalized spacial score (nSPS) is 23.1. The van der Waals surface area contributed by atoms with Gasteiger partial charge in [0.15, 0.2) is 5.65 Å². The maximum absolute atomic E-state index is 14.0. The van der Waals surface area contributed by atoms with E-state index in [0.29, 0.717) is 24.7 Å². The van der Waals surface area contributed by atoms with Gasteiger partial charge in [0.05, 0.1) is 12.2 Å². The lowest BCUT2D eigenvalue weighted by Gasteiger charge is -2.28. The molecule has 5 rings (SSSR count). The first kappa shape index (κ1) is 22.8. The van der Waals surface area contributed by atoms with Crippen LogP contribution in [0.5, 0.6) is 0 Å². The molecule has 0 radical (unpaired) electrons. The lowest BCUT2D eigenvalue weighted by atomic mass is 9.77. The maximum Gasteiger partial charge on any atom is 0.160 e. The zero-order valence-corrected chi connectivity index (χ0v) is 20.1. The molecule has 0 spiro atoms. The lowest BCUT2D eigenvalue weighted by Crippen LogP contribution is -2.24. The van der Waals surface area contributed by atoms with Crippen molar-refractivity contribution in [3.8, 4) is 0 Å². The first-order valence-corrected chi connectivity index (χ1v) is 12.4. The van der Waals surface area contributed by atoms with Crippen LogP contribution >= 0.6 is 0 Å². The number of carbonyl (C=O) groups excluding carboxylic acids is 1. The first-order valence-electron chi connectivity index (χ1n) is 12.4. The Kier molecular flexibility index (Phi) is 6.24. The molecule has 178 valence electrons. The molecule has 1 aliphatic heterocycles. The third kappa shape index (κ3) is 4.50. The molecule has 2 fully saturated rings. The third-order valence-corrected chi connectivity index (χ3v) is 7.66. The number of nitrogens with zero attached hydrogens (tertiary/aromatic N) is 4. The predicted molar refractivity (Wildman–Crippen MR) is 132 cm³/mol. The zero-order valence-electron chi connectivity index (χ0n) is 20.1. The van der Waals surface area contributed by atoms with Crippen LogP contribution in [-0.2, 0) is 11.2 Å². The van der Waals surface area contributed by atoms with Crippen molar-refractivity contribution in [2.24, 2.45) is 11.8 Å². The second kappa shape index (κ2) is 9.32. The molecule has 3 heterocycles. The molecule has 3 atom stereocenters. The van der Waals surface area contributed by atoms with E-state index in [1.165, 1.54) is 18.1 Å². The van der Waals surface area contributed by atoms with Crippen molar-refractivity contribution in [3.63, 3.8) is 0 Å². The van der Waals surface area contributed by atoms with E-state index in [2.05, 4.69) is 23.5 Å². The van der Waals surface area contributed by atoms with E-state index >= 15 is 0 Å². The zero-order chi connectivity index (χ0) is 23.8. The summed E-state index contributed by atoms with van der Waals surface area (Å²) in [6.45, 7) is 9.38. The van der Waals surface area contributed by atoms with Gasteiger partial charge in [-0.15, -0.1) is 0 Å². The quantitative estimate of drug-likeness (QED) is 0.423. The number of anilines is 1. The number of allylic oxidation sites excluding steroid dienone is 1. The Bertz CT molecular complexity index is 1230. The Labute approximate surface area is 200 Å². The van der Waals surface area contributed by atoms with Crippen LogP contribution in [0.25, 0.3) is 5.65 Å². The number of benzene rings is 1. The van der Waals surface area contributed by atoms with Crippen molar-refractivity contribution >= 4 is 17.2 Å². The predicted octanol–water partition coefficient (Wildman–Crippen LogP) is 6.01. The minimum Gasteiger partial charge on any atom is -0.349 e. The second-order valence-electron chi connectivity index (χ2n) is 10.2. The van der Waals surface area contributed by atoms with Crippen molar-refractivity contribution in [3.05, 3.63) is 71.3 Å². The lowest BCUT2D eigenvalue weighted by molar-refractivity contribution is -0.119. The van der Waals surface area contributed by atoms with Crippen molar-refractivity contribution in [1.82, 2.24) is 14.6 Å². The van der Waals surface area contributed by atoms with Crippen LogP contribution in [0.1, 0.15) is 68.2 Å². The Morgan fingerprint density at radius 3 is 2.97 bits per heavy atom. The van der Waals surface area contributed by atoms with Crippen molar-refractivity contribution < 1.29 is 9.18 Å². The second-order valence-corrected chi connectivity index (χ2v) is 10.2. The van der Waals surface area contributed by atoms with Gasteiger partial charge in [-0.25, -0.2) is 13.9 Å². The SMILES string of the molecule is C=C1CC[C@H](C)CC1CC(=O)Cc1cnn2ccc(N3CCC[C@@H]3c3cc(F)ccc3C)nc12. The molecule has 5 nitrogen and oxygen atoms in total. The Balaban J connectivity index is 1.37. The molecule has 0 amide bonds. The van der Waals surface area contributed by atoms with E-state index < -0.39 is 0 Å². The van der Waals surface area contributed by atoms with Crippen molar-refractivity contribution in [2.75, 3.05) is 11.4 Å². The van der Waals surface area contributed by atoms with Crippen molar-refractivity contribution in [1.29, 1.82) is 0 Å². The van der Waals surface area contributed by atoms with Crippen LogP contribution in [0, 0.1) is 24.6 Å². The van der Waals surface area contributed by atoms with Crippen LogP contribution in [0.4, 0.5) is 10.2 Å². The van der Waals surface area contributed by atoms with Gasteiger partial charge in [-0.3, -0.25) is 4.79 Å². The van der Waals surface area contributed by atoms with E-state index in [9.17, 15) is 9.18 Å². The summed E-state index contributed by atoms with van der Waals surface area (Å²) in [6.07, 6.45) is 9.81. The fourth-order valence-corrected chi connectivity index (χ4v) is 5.72. The van der Waals surface area contributed by atoms with E-state index in [4.69, 9.17) is 4.98 Å². The average molecular weight is 461 g/mol. The summed E-state index contributed by atoms with van der Waals surface area (Å²) >= 11 is 0. The monoisotopic (exact) mass is 460 g/mol. The molecule has 0 N–H and O–H groups in total.